The molecule has 3 nitrogen and oxygen atoms in total. The number of carbonyl (C=O) groups is 1. The average molecular weight is 372 g/mol. The smallest absolute Gasteiger partial charge is 0.261 e. The van der Waals surface area contributed by atoms with E-state index < -0.39 is 6.10 Å². The van der Waals surface area contributed by atoms with Gasteiger partial charge in [-0.15, -0.1) is 0 Å². The van der Waals surface area contributed by atoms with E-state index in [-0.39, 0.29) is 11.9 Å². The van der Waals surface area contributed by atoms with Crippen LogP contribution in [0.15, 0.2) is 30.3 Å². The van der Waals surface area contributed by atoms with Crippen molar-refractivity contribution < 1.29 is 9.53 Å². The number of halogens is 1. The van der Waals surface area contributed by atoms with Gasteiger partial charge in [-0.05, 0) is 86.9 Å². The second-order valence-corrected chi connectivity index (χ2v) is 7.62. The summed E-state index contributed by atoms with van der Waals surface area (Å²) in [5, 5.41) is 3.79. The summed E-state index contributed by atoms with van der Waals surface area (Å²) in [5.41, 5.74) is 5.89. The molecule has 0 fully saturated rings. The van der Waals surface area contributed by atoms with Gasteiger partial charge in [-0.2, -0.15) is 0 Å². The largest absolute Gasteiger partial charge is 0.481 e. The molecule has 26 heavy (non-hydrogen) atoms. The molecular formula is C22H26ClNO2. The molecule has 2 aromatic carbocycles. The molecule has 2 aromatic rings. The minimum atomic E-state index is -0.577. The maximum atomic E-state index is 12.5. The summed E-state index contributed by atoms with van der Waals surface area (Å²) in [4.78, 5) is 12.5. The summed E-state index contributed by atoms with van der Waals surface area (Å²) >= 11 is 6.19. The quantitative estimate of drug-likeness (QED) is 0.794. The summed E-state index contributed by atoms with van der Waals surface area (Å²) in [6.45, 7) is 7.65. The van der Waals surface area contributed by atoms with Crippen LogP contribution in [-0.2, 0) is 17.6 Å². The van der Waals surface area contributed by atoms with Crippen LogP contribution in [-0.4, -0.2) is 12.0 Å². The summed E-state index contributed by atoms with van der Waals surface area (Å²) in [7, 11) is 0. The average Bonchev–Trinajstić information content (AvgIpc) is 3.07. The predicted octanol–water partition coefficient (Wildman–Crippen LogP) is 5.09. The Morgan fingerprint density at radius 1 is 1.08 bits per heavy atom. The highest BCUT2D eigenvalue weighted by Crippen LogP contribution is 2.27. The fraction of sp³-hybridized carbons (Fsp3) is 0.409. The van der Waals surface area contributed by atoms with E-state index in [1.807, 2.05) is 32.9 Å². The number of benzene rings is 2. The summed E-state index contributed by atoms with van der Waals surface area (Å²) < 4.78 is 5.83. The molecule has 1 N–H and O–H groups in total. The van der Waals surface area contributed by atoms with Gasteiger partial charge in [-0.3, -0.25) is 4.79 Å². The molecule has 0 aliphatic heterocycles. The van der Waals surface area contributed by atoms with Crippen molar-refractivity contribution in [2.24, 2.45) is 0 Å². The third-order valence-corrected chi connectivity index (χ3v) is 5.67. The van der Waals surface area contributed by atoms with Gasteiger partial charge in [0, 0.05) is 5.02 Å². The van der Waals surface area contributed by atoms with Crippen molar-refractivity contribution in [3.8, 4) is 5.75 Å². The van der Waals surface area contributed by atoms with Gasteiger partial charge in [-0.1, -0.05) is 29.8 Å². The van der Waals surface area contributed by atoms with Gasteiger partial charge in [0.25, 0.3) is 5.91 Å². The first-order valence-corrected chi connectivity index (χ1v) is 9.58. The maximum absolute atomic E-state index is 12.5. The molecule has 0 aromatic heterocycles. The molecule has 1 aliphatic rings. The normalized spacial score (nSPS) is 15.3. The number of fused-ring (bicyclic) bond motifs is 1. The van der Waals surface area contributed by atoms with Gasteiger partial charge >= 0.3 is 0 Å². The molecule has 0 saturated carbocycles. The fourth-order valence-electron chi connectivity index (χ4n) is 3.51. The molecule has 0 saturated heterocycles. The van der Waals surface area contributed by atoms with Crippen LogP contribution in [0.5, 0.6) is 5.75 Å². The Balaban J connectivity index is 1.63. The van der Waals surface area contributed by atoms with Gasteiger partial charge in [-0.25, -0.2) is 0 Å². The minimum Gasteiger partial charge on any atom is -0.481 e. The Bertz CT molecular complexity index is 808. The number of amides is 1. The molecular weight excluding hydrogens is 346 g/mol. The van der Waals surface area contributed by atoms with Crippen LogP contribution in [0, 0.1) is 13.8 Å². The van der Waals surface area contributed by atoms with Crippen molar-refractivity contribution in [2.75, 3.05) is 0 Å². The Morgan fingerprint density at radius 2 is 1.73 bits per heavy atom. The molecule has 0 heterocycles. The molecule has 138 valence electrons. The molecule has 4 heteroatoms. The summed E-state index contributed by atoms with van der Waals surface area (Å²) in [5.74, 6) is 0.542. The Kier molecular flexibility index (Phi) is 5.57. The Labute approximate surface area is 160 Å². The zero-order valence-electron chi connectivity index (χ0n) is 15.9. The third kappa shape index (κ3) is 4.04. The first-order chi connectivity index (χ1) is 12.3. The summed E-state index contributed by atoms with van der Waals surface area (Å²) in [6.07, 6.45) is 2.95. The van der Waals surface area contributed by atoms with E-state index in [0.29, 0.717) is 5.75 Å². The lowest BCUT2D eigenvalue weighted by Crippen LogP contribution is -2.37. The first-order valence-electron chi connectivity index (χ1n) is 9.20. The molecule has 0 unspecified atom stereocenters. The highest BCUT2D eigenvalue weighted by Gasteiger charge is 2.20. The van der Waals surface area contributed by atoms with Crippen LogP contribution in [0.1, 0.15) is 54.1 Å². The lowest BCUT2D eigenvalue weighted by atomic mass is 10.0. The van der Waals surface area contributed by atoms with Crippen LogP contribution in [0.25, 0.3) is 0 Å². The van der Waals surface area contributed by atoms with Crippen molar-refractivity contribution in [1.29, 1.82) is 0 Å². The third-order valence-electron chi connectivity index (χ3n) is 5.07. The Hall–Kier alpha value is -2.00. The molecule has 0 spiro atoms. The molecule has 2 atom stereocenters. The van der Waals surface area contributed by atoms with E-state index in [4.69, 9.17) is 16.3 Å². The highest BCUT2D eigenvalue weighted by atomic mass is 35.5. The minimum absolute atomic E-state index is 0.0480. The SMILES string of the molecule is Cc1cc(O[C@@H](C)C(=O)N[C@@H](C)c2ccc3c(c2)CCC3)cc(C)c1Cl. The van der Waals surface area contributed by atoms with E-state index in [1.165, 1.54) is 24.0 Å². The van der Waals surface area contributed by atoms with Crippen molar-refractivity contribution >= 4 is 17.5 Å². The summed E-state index contributed by atoms with van der Waals surface area (Å²) in [6, 6.07) is 10.2. The number of nitrogens with one attached hydrogen (secondary N) is 1. The van der Waals surface area contributed by atoms with Crippen molar-refractivity contribution in [1.82, 2.24) is 5.32 Å². The second kappa shape index (κ2) is 7.71. The first kappa shape index (κ1) is 18.8. The van der Waals surface area contributed by atoms with Gasteiger partial charge in [0.15, 0.2) is 6.10 Å². The number of carbonyl (C=O) groups excluding carboxylic acids is 1. The number of rotatable bonds is 5. The maximum Gasteiger partial charge on any atom is 0.261 e. The van der Waals surface area contributed by atoms with Crippen LogP contribution >= 0.6 is 11.6 Å². The fourth-order valence-corrected chi connectivity index (χ4v) is 3.62. The second-order valence-electron chi connectivity index (χ2n) is 7.24. The zero-order chi connectivity index (χ0) is 18.8. The zero-order valence-corrected chi connectivity index (χ0v) is 16.6. The van der Waals surface area contributed by atoms with E-state index >= 15 is 0 Å². The number of ether oxygens (including phenoxy) is 1. The van der Waals surface area contributed by atoms with E-state index in [9.17, 15) is 4.79 Å². The molecule has 1 aliphatic carbocycles. The molecule has 3 rings (SSSR count). The van der Waals surface area contributed by atoms with E-state index in [2.05, 4.69) is 23.5 Å². The predicted molar refractivity (Wildman–Crippen MR) is 106 cm³/mol. The molecule has 0 radical (unpaired) electrons. The van der Waals surface area contributed by atoms with Crippen molar-refractivity contribution in [3.05, 3.63) is 63.2 Å². The lowest BCUT2D eigenvalue weighted by molar-refractivity contribution is -0.127. The monoisotopic (exact) mass is 371 g/mol. The van der Waals surface area contributed by atoms with Crippen LogP contribution < -0.4 is 10.1 Å². The lowest BCUT2D eigenvalue weighted by Gasteiger charge is -2.20. The van der Waals surface area contributed by atoms with Crippen LogP contribution in [0.2, 0.25) is 5.02 Å². The van der Waals surface area contributed by atoms with Crippen LogP contribution in [0.4, 0.5) is 0 Å². The van der Waals surface area contributed by atoms with Crippen LogP contribution in [0.3, 0.4) is 0 Å². The molecule has 1 amide bonds. The van der Waals surface area contributed by atoms with Gasteiger partial charge in [0.1, 0.15) is 5.75 Å². The van der Waals surface area contributed by atoms with Crippen molar-refractivity contribution in [2.45, 2.75) is 59.1 Å². The topological polar surface area (TPSA) is 38.3 Å². The van der Waals surface area contributed by atoms with Gasteiger partial charge in [0.05, 0.1) is 6.04 Å². The standard InChI is InChI=1S/C22H26ClNO2/c1-13-10-20(11-14(2)21(13)23)26-16(4)22(25)24-15(3)18-9-8-17-6-5-7-19(17)12-18/h8-12,15-16H,5-7H2,1-4H3,(H,24,25)/t15-,16-/m0/s1. The number of hydrogen-bond acceptors (Lipinski definition) is 2. The Morgan fingerprint density at radius 3 is 2.42 bits per heavy atom. The van der Waals surface area contributed by atoms with E-state index in [0.717, 1.165) is 28.1 Å². The number of aryl methyl sites for hydroxylation is 4. The molecule has 0 bridgehead atoms. The number of hydrogen-bond donors (Lipinski definition) is 1. The van der Waals surface area contributed by atoms with E-state index in [1.54, 1.807) is 6.92 Å². The van der Waals surface area contributed by atoms with Gasteiger partial charge in [0.2, 0.25) is 0 Å². The van der Waals surface area contributed by atoms with Crippen molar-refractivity contribution in [3.63, 3.8) is 0 Å². The highest BCUT2D eigenvalue weighted by molar-refractivity contribution is 6.32. The van der Waals surface area contributed by atoms with Gasteiger partial charge < -0.3 is 10.1 Å².